The molecule has 0 aromatic carbocycles. The largest absolute Gasteiger partial charge is 0.433 e. The van der Waals surface area contributed by atoms with Gasteiger partial charge in [0.05, 0.1) is 17.7 Å². The lowest BCUT2D eigenvalue weighted by molar-refractivity contribution is -0.0490. The van der Waals surface area contributed by atoms with Gasteiger partial charge in [0, 0.05) is 30.3 Å². The van der Waals surface area contributed by atoms with Gasteiger partial charge in [-0.05, 0) is 18.2 Å². The molecule has 1 amide bonds. The molecule has 172 valence electrons. The summed E-state index contributed by atoms with van der Waals surface area (Å²) in [7, 11) is 0. The fourth-order valence-corrected chi connectivity index (χ4v) is 3.87. The van der Waals surface area contributed by atoms with Gasteiger partial charge >= 0.3 is 18.4 Å². The second-order valence-electron chi connectivity index (χ2n) is 8.73. The molecule has 10 nitrogen and oxygen atoms in total. The normalized spacial score (nSPS) is 16.4. The van der Waals surface area contributed by atoms with Gasteiger partial charge < -0.3 is 19.0 Å². The molecule has 0 saturated carbocycles. The van der Waals surface area contributed by atoms with Crippen molar-refractivity contribution in [1.82, 2.24) is 34.7 Å². The van der Waals surface area contributed by atoms with Crippen molar-refractivity contribution in [3.05, 3.63) is 59.6 Å². The van der Waals surface area contributed by atoms with Gasteiger partial charge in [0.25, 0.3) is 0 Å². The number of hydrogen-bond acceptors (Lipinski definition) is 7. The van der Waals surface area contributed by atoms with Crippen LogP contribution < -0.4 is 4.74 Å². The topological polar surface area (TPSA) is 114 Å². The van der Waals surface area contributed by atoms with Crippen LogP contribution in [0.3, 0.4) is 0 Å². The number of pyridine rings is 1. The first-order valence-corrected chi connectivity index (χ1v) is 10.3. The van der Waals surface area contributed by atoms with Crippen LogP contribution in [-0.2, 0) is 11.8 Å². The minimum absolute atomic E-state index is 0.0195. The molecule has 0 saturated heterocycles. The van der Waals surface area contributed by atoms with Crippen LogP contribution in [-0.4, -0.2) is 53.7 Å². The average Bonchev–Trinajstić information content (AvgIpc) is 3.50. The molecule has 0 radical (unpaired) electrons. The van der Waals surface area contributed by atoms with E-state index < -0.39 is 24.0 Å². The number of imidazole rings is 1. The summed E-state index contributed by atoms with van der Waals surface area (Å²) in [6.07, 6.45) is 3.72. The molecule has 0 unspecified atom stereocenters. The standard InChI is InChI=1S/C21H21F2N7O3/c1-21(2,3)19-27-26-17(33-19)18(31)29-8-6-11-15(25-10-24-11)16(29)12-9-13-14(32-20(22)23)5-4-7-30(13)28-12/h4-5,7,9-10,16,20H,6,8H2,1-3H3,(H,24,25)/t16-/m1/s1. The third kappa shape index (κ3) is 3.70. The van der Waals surface area contributed by atoms with Gasteiger partial charge in [-0.2, -0.15) is 13.9 Å². The van der Waals surface area contributed by atoms with E-state index in [-0.39, 0.29) is 11.6 Å². The summed E-state index contributed by atoms with van der Waals surface area (Å²) in [5, 5.41) is 12.5. The second-order valence-corrected chi connectivity index (χ2v) is 8.73. The first-order valence-electron chi connectivity index (χ1n) is 10.3. The summed E-state index contributed by atoms with van der Waals surface area (Å²) < 4.78 is 37.5. The third-order valence-electron chi connectivity index (χ3n) is 5.41. The maximum atomic E-state index is 13.4. The van der Waals surface area contributed by atoms with Crippen LogP contribution >= 0.6 is 0 Å². The number of halogens is 2. The number of alkyl halides is 2. The maximum Gasteiger partial charge on any atom is 0.387 e. The first-order chi connectivity index (χ1) is 15.7. The fraction of sp³-hybridized carbons (Fsp3) is 0.381. The monoisotopic (exact) mass is 457 g/mol. The van der Waals surface area contributed by atoms with Crippen molar-refractivity contribution in [3.8, 4) is 5.75 Å². The highest BCUT2D eigenvalue weighted by Gasteiger charge is 2.38. The van der Waals surface area contributed by atoms with E-state index in [0.29, 0.717) is 35.8 Å². The predicted octanol–water partition coefficient (Wildman–Crippen LogP) is 3.13. The number of hydrogen-bond donors (Lipinski definition) is 1. The third-order valence-corrected chi connectivity index (χ3v) is 5.41. The Kier molecular flexibility index (Phi) is 4.87. The Balaban J connectivity index is 1.57. The molecule has 12 heteroatoms. The number of amides is 1. The number of aromatic nitrogens is 6. The van der Waals surface area contributed by atoms with Crippen LogP contribution in [0.1, 0.15) is 60.5 Å². The maximum absolute atomic E-state index is 13.4. The highest BCUT2D eigenvalue weighted by molar-refractivity contribution is 5.90. The quantitative estimate of drug-likeness (QED) is 0.501. The van der Waals surface area contributed by atoms with Crippen LogP contribution in [0, 0.1) is 0 Å². The van der Waals surface area contributed by atoms with Gasteiger partial charge in [0.15, 0.2) is 5.75 Å². The number of carbonyl (C=O) groups excluding carboxylic acids is 1. The number of carbonyl (C=O) groups is 1. The molecule has 1 aliphatic rings. The number of aromatic amines is 1. The summed E-state index contributed by atoms with van der Waals surface area (Å²) in [5.74, 6) is -0.262. The van der Waals surface area contributed by atoms with Crippen LogP contribution in [0.4, 0.5) is 8.78 Å². The number of ether oxygens (including phenoxy) is 1. The minimum Gasteiger partial charge on any atom is -0.433 e. The van der Waals surface area contributed by atoms with E-state index in [0.717, 1.165) is 5.69 Å². The van der Waals surface area contributed by atoms with Crippen LogP contribution in [0.2, 0.25) is 0 Å². The van der Waals surface area contributed by atoms with Crippen molar-refractivity contribution in [2.45, 2.75) is 45.3 Å². The molecule has 1 atom stereocenters. The molecule has 4 aromatic heterocycles. The van der Waals surface area contributed by atoms with Crippen LogP contribution in [0.15, 0.2) is 35.1 Å². The fourth-order valence-electron chi connectivity index (χ4n) is 3.87. The summed E-state index contributed by atoms with van der Waals surface area (Å²) in [5.41, 5.74) is 1.86. The molecule has 4 aromatic rings. The molecule has 0 fully saturated rings. The predicted molar refractivity (Wildman–Crippen MR) is 110 cm³/mol. The lowest BCUT2D eigenvalue weighted by Gasteiger charge is -2.32. The molecular formula is C21H21F2N7O3. The van der Waals surface area contributed by atoms with Gasteiger partial charge in [-0.1, -0.05) is 20.8 Å². The zero-order chi connectivity index (χ0) is 23.3. The van der Waals surface area contributed by atoms with Gasteiger partial charge in [0.2, 0.25) is 5.89 Å². The molecule has 5 heterocycles. The van der Waals surface area contributed by atoms with Crippen LogP contribution in [0.25, 0.3) is 5.52 Å². The van der Waals surface area contributed by atoms with Gasteiger partial charge in [-0.15, -0.1) is 10.2 Å². The van der Waals surface area contributed by atoms with E-state index in [1.54, 1.807) is 29.6 Å². The van der Waals surface area contributed by atoms with E-state index in [4.69, 9.17) is 4.42 Å². The van der Waals surface area contributed by atoms with E-state index in [9.17, 15) is 13.6 Å². The van der Waals surface area contributed by atoms with E-state index >= 15 is 0 Å². The summed E-state index contributed by atoms with van der Waals surface area (Å²) >= 11 is 0. The first kappa shape index (κ1) is 21.0. The Morgan fingerprint density at radius 2 is 2.15 bits per heavy atom. The van der Waals surface area contributed by atoms with Gasteiger partial charge in [0.1, 0.15) is 11.6 Å². The summed E-state index contributed by atoms with van der Waals surface area (Å²) in [4.78, 5) is 22.5. The zero-order valence-corrected chi connectivity index (χ0v) is 18.1. The Hall–Kier alpha value is -3.83. The minimum atomic E-state index is -2.98. The van der Waals surface area contributed by atoms with Crippen molar-refractivity contribution >= 4 is 11.4 Å². The van der Waals surface area contributed by atoms with Crippen molar-refractivity contribution in [2.24, 2.45) is 0 Å². The van der Waals surface area contributed by atoms with E-state index in [2.05, 4.69) is 30.0 Å². The molecule has 33 heavy (non-hydrogen) atoms. The number of nitrogens with zero attached hydrogens (tertiary/aromatic N) is 6. The van der Waals surface area contributed by atoms with Gasteiger partial charge in [-0.25, -0.2) is 9.50 Å². The van der Waals surface area contributed by atoms with Crippen molar-refractivity contribution < 1.29 is 22.7 Å². The van der Waals surface area contributed by atoms with E-state index in [1.165, 1.54) is 10.6 Å². The Morgan fingerprint density at radius 3 is 2.88 bits per heavy atom. The van der Waals surface area contributed by atoms with E-state index in [1.807, 2.05) is 20.8 Å². The highest BCUT2D eigenvalue weighted by Crippen LogP contribution is 2.35. The van der Waals surface area contributed by atoms with Crippen molar-refractivity contribution in [3.63, 3.8) is 0 Å². The van der Waals surface area contributed by atoms with Crippen LogP contribution in [0.5, 0.6) is 5.75 Å². The number of fused-ring (bicyclic) bond motifs is 2. The van der Waals surface area contributed by atoms with Crippen molar-refractivity contribution in [2.75, 3.05) is 6.54 Å². The average molecular weight is 457 g/mol. The molecule has 0 aliphatic carbocycles. The Bertz CT molecular complexity index is 1320. The SMILES string of the molecule is CC(C)(C)c1nnc(C(=O)N2CCc3[nH]cnc3[C@H]2c2cc3c(OC(F)F)cccn3n2)o1. The van der Waals surface area contributed by atoms with Gasteiger partial charge in [-0.3, -0.25) is 4.79 Å². The Morgan fingerprint density at radius 1 is 1.33 bits per heavy atom. The molecular weight excluding hydrogens is 436 g/mol. The molecule has 0 spiro atoms. The van der Waals surface area contributed by atoms with Crippen molar-refractivity contribution in [1.29, 1.82) is 0 Å². The highest BCUT2D eigenvalue weighted by atomic mass is 19.3. The second kappa shape index (κ2) is 7.64. The number of nitrogens with one attached hydrogen (secondary N) is 1. The summed E-state index contributed by atoms with van der Waals surface area (Å²) in [6.45, 7) is 3.09. The number of rotatable bonds is 4. The Labute approximate surface area is 186 Å². The molecule has 1 N–H and O–H groups in total. The number of H-pyrrole nitrogens is 1. The zero-order valence-electron chi connectivity index (χ0n) is 18.1. The summed E-state index contributed by atoms with van der Waals surface area (Å²) in [6, 6.07) is 3.92. The molecule has 1 aliphatic heterocycles. The lowest BCUT2D eigenvalue weighted by Crippen LogP contribution is -2.41. The molecule has 5 rings (SSSR count). The smallest absolute Gasteiger partial charge is 0.387 e. The molecule has 0 bridgehead atoms. The lowest BCUT2D eigenvalue weighted by atomic mass is 9.97.